The van der Waals surface area contributed by atoms with E-state index in [1.165, 1.54) is 6.42 Å². The summed E-state index contributed by atoms with van der Waals surface area (Å²) in [5, 5.41) is 7.99. The summed E-state index contributed by atoms with van der Waals surface area (Å²) in [6.07, 6.45) is 4.36. The zero-order valence-corrected chi connectivity index (χ0v) is 9.04. The second-order valence-electron chi connectivity index (χ2n) is 3.12. The number of hydrogen-bond acceptors (Lipinski definition) is 4. The smallest absolute Gasteiger partial charge is 0.105 e. The van der Waals surface area contributed by atoms with Crippen LogP contribution in [0.5, 0.6) is 0 Å². The predicted octanol–water partition coefficient (Wildman–Crippen LogP) is 2.09. The van der Waals surface area contributed by atoms with Gasteiger partial charge in [0.1, 0.15) is 6.61 Å². The first-order chi connectivity index (χ1) is 6.91. The van der Waals surface area contributed by atoms with Gasteiger partial charge >= 0.3 is 0 Å². The molecule has 0 aromatic heterocycles. The molecular formula is C10H22O4. The normalized spacial score (nSPS) is 10.7. The van der Waals surface area contributed by atoms with Crippen LogP contribution < -0.4 is 0 Å². The van der Waals surface area contributed by atoms with Crippen LogP contribution in [-0.4, -0.2) is 38.3 Å². The Morgan fingerprint density at radius 3 is 1.93 bits per heavy atom. The number of unbranched alkanes of at least 4 members (excludes halogenated alkanes) is 2. The standard InChI is InChI=1S/C10H22O4/c1-2-3-6-12-7-4-5-8-13-9-10-14-11/h11H,2-10H2,1H3. The highest BCUT2D eigenvalue weighted by atomic mass is 17.1. The molecule has 0 amide bonds. The Kier molecular flexibility index (Phi) is 12.7. The molecule has 0 saturated heterocycles. The average Bonchev–Trinajstić information content (AvgIpc) is 2.21. The molecule has 0 spiro atoms. The molecule has 0 fully saturated rings. The van der Waals surface area contributed by atoms with Crippen molar-refractivity contribution in [1.82, 2.24) is 0 Å². The summed E-state index contributed by atoms with van der Waals surface area (Å²) in [6, 6.07) is 0. The summed E-state index contributed by atoms with van der Waals surface area (Å²) >= 11 is 0. The maximum atomic E-state index is 7.99. The summed E-state index contributed by atoms with van der Waals surface area (Å²) in [5.41, 5.74) is 0. The van der Waals surface area contributed by atoms with E-state index in [0.717, 1.165) is 32.5 Å². The maximum Gasteiger partial charge on any atom is 0.105 e. The van der Waals surface area contributed by atoms with Crippen molar-refractivity contribution >= 4 is 0 Å². The van der Waals surface area contributed by atoms with Crippen LogP contribution in [0.2, 0.25) is 0 Å². The van der Waals surface area contributed by atoms with Crippen LogP contribution in [-0.2, 0) is 14.4 Å². The van der Waals surface area contributed by atoms with Gasteiger partial charge in [0.05, 0.1) is 6.61 Å². The zero-order valence-electron chi connectivity index (χ0n) is 9.04. The maximum absolute atomic E-state index is 7.99. The van der Waals surface area contributed by atoms with Crippen molar-refractivity contribution in [2.24, 2.45) is 0 Å². The lowest BCUT2D eigenvalue weighted by atomic mass is 10.3. The summed E-state index contributed by atoms with van der Waals surface area (Å²) < 4.78 is 10.5. The zero-order chi connectivity index (χ0) is 10.5. The van der Waals surface area contributed by atoms with E-state index >= 15 is 0 Å². The molecule has 0 heterocycles. The van der Waals surface area contributed by atoms with Gasteiger partial charge in [0.2, 0.25) is 0 Å². The fourth-order valence-electron chi connectivity index (χ4n) is 0.955. The Labute approximate surface area is 86.1 Å². The third kappa shape index (κ3) is 11.8. The van der Waals surface area contributed by atoms with E-state index in [2.05, 4.69) is 11.8 Å². The monoisotopic (exact) mass is 206 g/mol. The van der Waals surface area contributed by atoms with E-state index in [1.54, 1.807) is 0 Å². The molecule has 0 aliphatic carbocycles. The van der Waals surface area contributed by atoms with Crippen LogP contribution in [0.25, 0.3) is 0 Å². The first-order valence-corrected chi connectivity index (χ1v) is 5.33. The molecule has 0 radical (unpaired) electrons. The van der Waals surface area contributed by atoms with Gasteiger partial charge in [-0.05, 0) is 19.3 Å². The molecule has 0 bridgehead atoms. The van der Waals surface area contributed by atoms with Crippen LogP contribution in [0, 0.1) is 0 Å². The fourth-order valence-corrected chi connectivity index (χ4v) is 0.955. The minimum Gasteiger partial charge on any atom is -0.381 e. The van der Waals surface area contributed by atoms with E-state index in [9.17, 15) is 0 Å². The van der Waals surface area contributed by atoms with E-state index in [-0.39, 0.29) is 6.61 Å². The van der Waals surface area contributed by atoms with Gasteiger partial charge in [0, 0.05) is 19.8 Å². The van der Waals surface area contributed by atoms with Gasteiger partial charge < -0.3 is 9.47 Å². The van der Waals surface area contributed by atoms with Gasteiger partial charge in [-0.1, -0.05) is 13.3 Å². The van der Waals surface area contributed by atoms with Crippen molar-refractivity contribution in [1.29, 1.82) is 0 Å². The van der Waals surface area contributed by atoms with Crippen LogP contribution >= 0.6 is 0 Å². The van der Waals surface area contributed by atoms with Crippen molar-refractivity contribution < 1.29 is 19.6 Å². The van der Waals surface area contributed by atoms with E-state index in [4.69, 9.17) is 14.7 Å². The lowest BCUT2D eigenvalue weighted by Gasteiger charge is -2.04. The van der Waals surface area contributed by atoms with Crippen molar-refractivity contribution in [2.45, 2.75) is 32.6 Å². The third-order valence-corrected chi connectivity index (χ3v) is 1.79. The molecule has 1 N–H and O–H groups in total. The Bertz CT molecular complexity index is 86.1. The molecule has 14 heavy (non-hydrogen) atoms. The molecule has 0 saturated carbocycles. The molecule has 0 rings (SSSR count). The Morgan fingerprint density at radius 2 is 1.36 bits per heavy atom. The molecule has 0 aromatic rings. The van der Waals surface area contributed by atoms with Crippen molar-refractivity contribution in [3.8, 4) is 0 Å². The Morgan fingerprint density at radius 1 is 0.786 bits per heavy atom. The molecular weight excluding hydrogens is 184 g/mol. The summed E-state index contributed by atoms with van der Waals surface area (Å²) in [7, 11) is 0. The van der Waals surface area contributed by atoms with E-state index < -0.39 is 0 Å². The van der Waals surface area contributed by atoms with Gasteiger partial charge in [-0.2, -0.15) is 0 Å². The molecule has 4 nitrogen and oxygen atoms in total. The highest BCUT2D eigenvalue weighted by Gasteiger charge is 1.91. The van der Waals surface area contributed by atoms with Gasteiger partial charge in [-0.3, -0.25) is 5.26 Å². The van der Waals surface area contributed by atoms with Gasteiger partial charge in [-0.15, -0.1) is 0 Å². The molecule has 86 valence electrons. The minimum absolute atomic E-state index is 0.243. The van der Waals surface area contributed by atoms with Gasteiger partial charge in [0.15, 0.2) is 0 Å². The first kappa shape index (κ1) is 13.8. The molecule has 4 heteroatoms. The van der Waals surface area contributed by atoms with Crippen LogP contribution in [0.15, 0.2) is 0 Å². The molecule has 0 aromatic carbocycles. The minimum atomic E-state index is 0.243. The lowest BCUT2D eigenvalue weighted by molar-refractivity contribution is -0.249. The fraction of sp³-hybridized carbons (Fsp3) is 1.00. The Hall–Kier alpha value is -0.160. The van der Waals surface area contributed by atoms with Crippen LogP contribution in [0.4, 0.5) is 0 Å². The van der Waals surface area contributed by atoms with Crippen LogP contribution in [0.3, 0.4) is 0 Å². The first-order valence-electron chi connectivity index (χ1n) is 5.33. The SMILES string of the molecule is CCCCOCCCCOCCOO. The Balaban J connectivity index is 2.78. The second kappa shape index (κ2) is 12.8. The molecule has 0 unspecified atom stereocenters. The largest absolute Gasteiger partial charge is 0.381 e. The van der Waals surface area contributed by atoms with Crippen molar-refractivity contribution in [2.75, 3.05) is 33.0 Å². The molecule has 0 aliphatic heterocycles. The quantitative estimate of drug-likeness (QED) is 0.319. The summed E-state index contributed by atoms with van der Waals surface area (Å²) in [4.78, 5) is 3.86. The predicted molar refractivity (Wildman–Crippen MR) is 54.4 cm³/mol. The third-order valence-electron chi connectivity index (χ3n) is 1.79. The second-order valence-corrected chi connectivity index (χ2v) is 3.12. The average molecular weight is 206 g/mol. The summed E-state index contributed by atoms with van der Waals surface area (Å²) in [6.45, 7) is 5.25. The summed E-state index contributed by atoms with van der Waals surface area (Å²) in [5.74, 6) is 0. The van der Waals surface area contributed by atoms with Crippen molar-refractivity contribution in [3.63, 3.8) is 0 Å². The van der Waals surface area contributed by atoms with Crippen LogP contribution in [0.1, 0.15) is 32.6 Å². The van der Waals surface area contributed by atoms with Crippen molar-refractivity contribution in [3.05, 3.63) is 0 Å². The lowest BCUT2D eigenvalue weighted by Crippen LogP contribution is -2.04. The highest BCUT2D eigenvalue weighted by molar-refractivity contribution is 4.39. The van der Waals surface area contributed by atoms with Gasteiger partial charge in [-0.25, -0.2) is 4.89 Å². The van der Waals surface area contributed by atoms with E-state index in [1.807, 2.05) is 0 Å². The van der Waals surface area contributed by atoms with E-state index in [0.29, 0.717) is 13.2 Å². The highest BCUT2D eigenvalue weighted by Crippen LogP contribution is 1.94. The molecule has 0 atom stereocenters. The topological polar surface area (TPSA) is 47.9 Å². The number of rotatable bonds is 11. The number of ether oxygens (including phenoxy) is 2. The number of hydrogen-bond donors (Lipinski definition) is 1. The van der Waals surface area contributed by atoms with Gasteiger partial charge in [0.25, 0.3) is 0 Å². The molecule has 0 aliphatic rings.